The maximum absolute atomic E-state index is 14.5. The molecule has 0 aliphatic heterocycles. The second-order valence-corrected chi connectivity index (χ2v) is 12.3. The standard InChI is InChI=1S/C27H26F2N6O3S/c1-26(2)18-7-11-27(26,24-17(18)15-21(32-33-24)23-19(28)5-4-6-20(23)29)22-8-12-30-25(31-22)35-13-9-16(34-35)10-14-38-39(3,36)37/h4-6,8-9,12-13,15,18H,7,10-11,14H2,1-3H3/t18-,27+/m0/s1. The first kappa shape index (κ1) is 25.6. The number of halogens is 2. The zero-order valence-corrected chi connectivity index (χ0v) is 22.4. The molecule has 0 spiro atoms. The Bertz CT molecular complexity index is 1690. The predicted octanol–water partition coefficient (Wildman–Crippen LogP) is 4.12. The molecule has 202 valence electrons. The maximum Gasteiger partial charge on any atom is 0.264 e. The van der Waals surface area contributed by atoms with Crippen LogP contribution in [0, 0.1) is 17.0 Å². The first-order chi connectivity index (χ1) is 18.5. The van der Waals surface area contributed by atoms with Crippen LogP contribution in [0.4, 0.5) is 8.78 Å². The number of hydrogen-bond acceptors (Lipinski definition) is 8. The molecule has 2 atom stereocenters. The topological polar surface area (TPSA) is 113 Å². The van der Waals surface area contributed by atoms with E-state index < -0.39 is 27.2 Å². The fraction of sp³-hybridized carbons (Fsp3) is 0.370. The predicted molar refractivity (Wildman–Crippen MR) is 138 cm³/mol. The largest absolute Gasteiger partial charge is 0.270 e. The average molecular weight is 553 g/mol. The summed E-state index contributed by atoms with van der Waals surface area (Å²) in [6.07, 6.45) is 6.38. The van der Waals surface area contributed by atoms with Crippen LogP contribution in [0.15, 0.2) is 48.8 Å². The molecule has 2 aliphatic carbocycles. The highest BCUT2D eigenvalue weighted by Crippen LogP contribution is 2.69. The summed E-state index contributed by atoms with van der Waals surface area (Å²) in [5.41, 5.74) is 2.26. The quantitative estimate of drug-likeness (QED) is 0.315. The normalized spacial score (nSPS) is 21.3. The average Bonchev–Trinajstić information content (AvgIpc) is 3.51. The summed E-state index contributed by atoms with van der Waals surface area (Å²) in [6, 6.07) is 9.17. The third kappa shape index (κ3) is 4.04. The van der Waals surface area contributed by atoms with Gasteiger partial charge < -0.3 is 0 Å². The van der Waals surface area contributed by atoms with Gasteiger partial charge in [-0.3, -0.25) is 4.18 Å². The minimum Gasteiger partial charge on any atom is -0.270 e. The monoisotopic (exact) mass is 552 g/mol. The van der Waals surface area contributed by atoms with E-state index in [4.69, 9.17) is 9.17 Å². The van der Waals surface area contributed by atoms with Crippen LogP contribution in [0.25, 0.3) is 17.2 Å². The smallest absolute Gasteiger partial charge is 0.264 e. The summed E-state index contributed by atoms with van der Waals surface area (Å²) in [6.45, 7) is 4.33. The van der Waals surface area contributed by atoms with Gasteiger partial charge in [0.1, 0.15) is 11.6 Å². The van der Waals surface area contributed by atoms with E-state index in [1.807, 2.05) is 6.07 Å². The summed E-state index contributed by atoms with van der Waals surface area (Å²) in [5, 5.41) is 13.3. The molecule has 1 aromatic carbocycles. The van der Waals surface area contributed by atoms with E-state index in [0.717, 1.165) is 36.0 Å². The van der Waals surface area contributed by atoms with Crippen molar-refractivity contribution in [1.82, 2.24) is 29.9 Å². The molecule has 0 unspecified atom stereocenters. The molecule has 2 bridgehead atoms. The molecular formula is C27H26F2N6O3S. The van der Waals surface area contributed by atoms with E-state index in [9.17, 15) is 17.2 Å². The zero-order chi connectivity index (χ0) is 27.6. The van der Waals surface area contributed by atoms with Gasteiger partial charge in [-0.25, -0.2) is 23.4 Å². The van der Waals surface area contributed by atoms with Crippen molar-refractivity contribution in [3.8, 4) is 17.2 Å². The fourth-order valence-electron chi connectivity index (χ4n) is 6.36. The van der Waals surface area contributed by atoms with Gasteiger partial charge in [0.2, 0.25) is 0 Å². The Labute approximate surface area is 224 Å². The first-order valence-corrected chi connectivity index (χ1v) is 14.4. The Hall–Kier alpha value is -3.64. The second kappa shape index (κ2) is 8.95. The summed E-state index contributed by atoms with van der Waals surface area (Å²) in [7, 11) is -3.53. The third-order valence-corrected chi connectivity index (χ3v) is 8.78. The molecule has 0 N–H and O–H groups in total. The van der Waals surface area contributed by atoms with Crippen LogP contribution in [0.5, 0.6) is 0 Å². The molecule has 39 heavy (non-hydrogen) atoms. The molecule has 6 rings (SSSR count). The summed E-state index contributed by atoms with van der Waals surface area (Å²) in [5.74, 6) is -0.879. The van der Waals surface area contributed by atoms with Crippen molar-refractivity contribution >= 4 is 10.1 Å². The Morgan fingerprint density at radius 3 is 2.64 bits per heavy atom. The van der Waals surface area contributed by atoms with E-state index in [1.54, 1.807) is 29.2 Å². The maximum atomic E-state index is 14.5. The van der Waals surface area contributed by atoms with Crippen LogP contribution in [0.3, 0.4) is 0 Å². The van der Waals surface area contributed by atoms with E-state index in [-0.39, 0.29) is 29.2 Å². The number of benzene rings is 1. The second-order valence-electron chi connectivity index (χ2n) is 10.6. The van der Waals surface area contributed by atoms with Gasteiger partial charge in [-0.1, -0.05) is 19.9 Å². The minimum absolute atomic E-state index is 0.0103. The van der Waals surface area contributed by atoms with Crippen molar-refractivity contribution in [2.45, 2.75) is 44.4 Å². The number of hydrogen-bond donors (Lipinski definition) is 0. The molecule has 2 aliphatic rings. The number of fused-ring (bicyclic) bond motifs is 5. The number of aromatic nitrogens is 6. The molecule has 4 aromatic rings. The molecular weight excluding hydrogens is 526 g/mol. The number of rotatable bonds is 7. The molecule has 1 fully saturated rings. The van der Waals surface area contributed by atoms with Crippen LogP contribution in [-0.4, -0.2) is 51.2 Å². The molecule has 0 saturated heterocycles. The van der Waals surface area contributed by atoms with Gasteiger partial charge >= 0.3 is 0 Å². The fourth-order valence-corrected chi connectivity index (χ4v) is 6.74. The lowest BCUT2D eigenvalue weighted by Gasteiger charge is -2.37. The highest BCUT2D eigenvalue weighted by Gasteiger charge is 2.65. The Kier molecular flexibility index (Phi) is 5.88. The minimum atomic E-state index is -3.53. The Balaban J connectivity index is 1.37. The summed E-state index contributed by atoms with van der Waals surface area (Å²) < 4.78 is 57.9. The van der Waals surface area contributed by atoms with Gasteiger partial charge in [0, 0.05) is 18.8 Å². The van der Waals surface area contributed by atoms with Crippen molar-refractivity contribution in [2.24, 2.45) is 5.41 Å². The molecule has 0 radical (unpaired) electrons. The van der Waals surface area contributed by atoms with Gasteiger partial charge in [-0.05, 0) is 60.1 Å². The van der Waals surface area contributed by atoms with Crippen molar-refractivity contribution in [3.05, 3.63) is 83.1 Å². The first-order valence-electron chi connectivity index (χ1n) is 12.6. The molecule has 3 aromatic heterocycles. The van der Waals surface area contributed by atoms with Crippen molar-refractivity contribution in [3.63, 3.8) is 0 Å². The van der Waals surface area contributed by atoms with Gasteiger partial charge in [-0.2, -0.15) is 18.6 Å². The van der Waals surface area contributed by atoms with Crippen LogP contribution in [0.1, 0.15) is 55.3 Å². The highest BCUT2D eigenvalue weighted by molar-refractivity contribution is 7.85. The van der Waals surface area contributed by atoms with Gasteiger partial charge in [0.05, 0.1) is 46.6 Å². The van der Waals surface area contributed by atoms with Crippen LogP contribution in [0.2, 0.25) is 0 Å². The van der Waals surface area contributed by atoms with E-state index in [1.165, 1.54) is 18.2 Å². The van der Waals surface area contributed by atoms with Crippen LogP contribution >= 0.6 is 0 Å². The van der Waals surface area contributed by atoms with Crippen LogP contribution in [-0.2, 0) is 26.1 Å². The number of nitrogens with zero attached hydrogens (tertiary/aromatic N) is 6. The van der Waals surface area contributed by atoms with E-state index in [0.29, 0.717) is 18.1 Å². The SMILES string of the molecule is CC1(C)[C@H]2CC[C@@]1(c1ccnc(-n3ccc(CCOS(C)(=O)=O)n3)n1)c1nnc(-c3c(F)cccc3F)cc12. The van der Waals surface area contributed by atoms with Crippen molar-refractivity contribution in [2.75, 3.05) is 12.9 Å². The van der Waals surface area contributed by atoms with Gasteiger partial charge in [0.25, 0.3) is 16.1 Å². The van der Waals surface area contributed by atoms with Crippen LogP contribution < -0.4 is 0 Å². The molecule has 0 amide bonds. The molecule has 9 nitrogen and oxygen atoms in total. The Morgan fingerprint density at radius 2 is 1.90 bits per heavy atom. The lowest BCUT2D eigenvalue weighted by atomic mass is 9.66. The van der Waals surface area contributed by atoms with E-state index in [2.05, 4.69) is 34.1 Å². The Morgan fingerprint density at radius 1 is 1.13 bits per heavy atom. The summed E-state index contributed by atoms with van der Waals surface area (Å²) >= 11 is 0. The van der Waals surface area contributed by atoms with Gasteiger partial charge in [-0.15, -0.1) is 5.10 Å². The lowest BCUT2D eigenvalue weighted by molar-refractivity contribution is 0.242. The molecule has 1 saturated carbocycles. The van der Waals surface area contributed by atoms with Crippen molar-refractivity contribution in [1.29, 1.82) is 0 Å². The van der Waals surface area contributed by atoms with E-state index >= 15 is 0 Å². The van der Waals surface area contributed by atoms with Gasteiger partial charge in [0.15, 0.2) is 0 Å². The molecule has 3 heterocycles. The molecule has 12 heteroatoms. The zero-order valence-electron chi connectivity index (χ0n) is 21.6. The highest BCUT2D eigenvalue weighted by atomic mass is 32.2. The summed E-state index contributed by atoms with van der Waals surface area (Å²) in [4.78, 5) is 9.32. The lowest BCUT2D eigenvalue weighted by Crippen LogP contribution is -2.38. The van der Waals surface area contributed by atoms with Crippen molar-refractivity contribution < 1.29 is 21.4 Å². The third-order valence-electron chi connectivity index (χ3n) is 8.19.